The Kier molecular flexibility index (Phi) is 6.78. The summed E-state index contributed by atoms with van der Waals surface area (Å²) in [4.78, 5) is -0.235. The van der Waals surface area contributed by atoms with Crippen LogP contribution in [0.1, 0.15) is 6.92 Å². The molecule has 3 rings (SSSR count). The second-order valence-electron chi connectivity index (χ2n) is 6.48. The molecule has 0 aliphatic carbocycles. The first-order valence-corrected chi connectivity index (χ1v) is 12.8. The van der Waals surface area contributed by atoms with Gasteiger partial charge in [0.05, 0.1) is 10.0 Å². The molecule has 29 heavy (non-hydrogen) atoms. The van der Waals surface area contributed by atoms with Crippen molar-refractivity contribution in [3.05, 3.63) is 56.5 Å². The molecule has 1 fully saturated rings. The van der Waals surface area contributed by atoms with Crippen LogP contribution in [-0.2, 0) is 20.0 Å². The number of benzene rings is 2. The molecule has 12 heteroatoms. The third kappa shape index (κ3) is 4.55. The van der Waals surface area contributed by atoms with Crippen LogP contribution in [0.4, 0.5) is 0 Å². The van der Waals surface area contributed by atoms with Crippen molar-refractivity contribution in [3.8, 4) is 0 Å². The Morgan fingerprint density at radius 3 is 1.76 bits per heavy atom. The van der Waals surface area contributed by atoms with Gasteiger partial charge >= 0.3 is 0 Å². The van der Waals surface area contributed by atoms with Crippen molar-refractivity contribution in [1.82, 2.24) is 8.61 Å². The third-order valence-electron chi connectivity index (χ3n) is 4.52. The van der Waals surface area contributed by atoms with E-state index < -0.39 is 26.1 Å². The number of rotatable bonds is 4. The van der Waals surface area contributed by atoms with Crippen LogP contribution < -0.4 is 0 Å². The van der Waals surface area contributed by atoms with Gasteiger partial charge in [-0.1, -0.05) is 46.4 Å². The Bertz CT molecular complexity index is 1160. The summed E-state index contributed by atoms with van der Waals surface area (Å²) in [5, 5.41) is 0.556. The SMILES string of the molecule is CC1CN(S(=O)(=O)c2cc(Cl)ccc2Cl)CCN1S(=O)(=O)c1cc(Cl)ccc1Cl. The lowest BCUT2D eigenvalue weighted by Gasteiger charge is -2.38. The van der Waals surface area contributed by atoms with Gasteiger partial charge in [0.1, 0.15) is 9.79 Å². The Hall–Kier alpha value is -0.580. The molecule has 1 saturated heterocycles. The van der Waals surface area contributed by atoms with E-state index >= 15 is 0 Å². The van der Waals surface area contributed by atoms with E-state index in [-0.39, 0.29) is 49.5 Å². The van der Waals surface area contributed by atoms with Crippen LogP contribution in [0.25, 0.3) is 0 Å². The molecule has 0 spiro atoms. The predicted octanol–water partition coefficient (Wildman–Crippen LogP) is 4.38. The quantitative estimate of drug-likeness (QED) is 0.603. The van der Waals surface area contributed by atoms with Crippen molar-refractivity contribution in [3.63, 3.8) is 0 Å². The van der Waals surface area contributed by atoms with E-state index in [4.69, 9.17) is 46.4 Å². The largest absolute Gasteiger partial charge is 0.244 e. The first kappa shape index (κ1) is 23.1. The van der Waals surface area contributed by atoms with Crippen LogP contribution in [0, 0.1) is 0 Å². The summed E-state index contributed by atoms with van der Waals surface area (Å²) in [5.41, 5.74) is 0. The molecule has 0 radical (unpaired) electrons. The fraction of sp³-hybridized carbons (Fsp3) is 0.294. The molecule has 1 heterocycles. The van der Waals surface area contributed by atoms with Crippen molar-refractivity contribution >= 4 is 66.5 Å². The maximum atomic E-state index is 13.1. The number of halogens is 4. The summed E-state index contributed by atoms with van der Waals surface area (Å²) in [6.07, 6.45) is 0. The van der Waals surface area contributed by atoms with E-state index in [1.807, 2.05) is 0 Å². The number of piperazine rings is 1. The zero-order chi connectivity index (χ0) is 21.6. The van der Waals surface area contributed by atoms with E-state index in [0.29, 0.717) is 0 Å². The average molecular weight is 518 g/mol. The fourth-order valence-electron chi connectivity index (χ4n) is 3.10. The molecule has 0 bridgehead atoms. The van der Waals surface area contributed by atoms with Gasteiger partial charge in [-0.15, -0.1) is 0 Å². The Labute approximate surface area is 190 Å². The lowest BCUT2D eigenvalue weighted by Crippen LogP contribution is -2.55. The minimum absolute atomic E-state index is 0.0439. The minimum Gasteiger partial charge on any atom is -0.207 e. The van der Waals surface area contributed by atoms with Crippen molar-refractivity contribution in [1.29, 1.82) is 0 Å². The van der Waals surface area contributed by atoms with E-state index in [0.717, 1.165) is 0 Å². The molecule has 2 aromatic carbocycles. The molecule has 1 atom stereocenters. The molecular formula is C17H16Cl4N2O4S2. The third-order valence-corrected chi connectivity index (χ3v) is 9.83. The van der Waals surface area contributed by atoms with Gasteiger partial charge in [-0.2, -0.15) is 8.61 Å². The number of hydrogen-bond donors (Lipinski definition) is 0. The zero-order valence-electron chi connectivity index (χ0n) is 15.0. The second kappa shape index (κ2) is 8.51. The standard InChI is InChI=1S/C17H16Cl4N2O4S2/c1-11-10-22(28(24,25)16-8-12(18)2-4-14(16)20)6-7-23(11)29(26,27)17-9-13(19)3-5-15(17)21/h2-5,8-9,11H,6-7,10H2,1H3. The Balaban J connectivity index is 1.89. The molecule has 1 aliphatic heterocycles. The summed E-state index contributed by atoms with van der Waals surface area (Å²) < 4.78 is 54.6. The summed E-state index contributed by atoms with van der Waals surface area (Å²) in [6, 6.07) is 7.71. The van der Waals surface area contributed by atoms with Gasteiger partial charge in [0, 0.05) is 35.7 Å². The van der Waals surface area contributed by atoms with Gasteiger partial charge < -0.3 is 0 Å². The molecule has 0 amide bonds. The van der Waals surface area contributed by atoms with Gasteiger partial charge in [0.25, 0.3) is 0 Å². The van der Waals surface area contributed by atoms with Gasteiger partial charge in [-0.05, 0) is 43.3 Å². The topological polar surface area (TPSA) is 74.8 Å². The average Bonchev–Trinajstić information content (AvgIpc) is 2.65. The van der Waals surface area contributed by atoms with Crippen molar-refractivity contribution in [2.45, 2.75) is 22.8 Å². The highest BCUT2D eigenvalue weighted by Gasteiger charge is 2.39. The van der Waals surface area contributed by atoms with Crippen LogP contribution >= 0.6 is 46.4 Å². The Morgan fingerprint density at radius 2 is 1.28 bits per heavy atom. The molecule has 6 nitrogen and oxygen atoms in total. The highest BCUT2D eigenvalue weighted by molar-refractivity contribution is 7.89. The maximum Gasteiger partial charge on any atom is 0.244 e. The van der Waals surface area contributed by atoms with Gasteiger partial charge in [0.2, 0.25) is 20.0 Å². The van der Waals surface area contributed by atoms with E-state index in [1.165, 1.54) is 45.0 Å². The summed E-state index contributed by atoms with van der Waals surface area (Å²) in [6.45, 7) is 1.47. The smallest absolute Gasteiger partial charge is 0.207 e. The molecule has 158 valence electrons. The molecule has 2 aromatic rings. The lowest BCUT2D eigenvalue weighted by atomic mass is 10.3. The van der Waals surface area contributed by atoms with Crippen molar-refractivity contribution in [2.24, 2.45) is 0 Å². The number of hydrogen-bond acceptors (Lipinski definition) is 4. The predicted molar refractivity (Wildman–Crippen MR) is 115 cm³/mol. The number of sulfonamides is 2. The summed E-state index contributed by atoms with van der Waals surface area (Å²) in [5.74, 6) is 0. The van der Waals surface area contributed by atoms with E-state index in [1.54, 1.807) is 6.92 Å². The summed E-state index contributed by atoms with van der Waals surface area (Å²) in [7, 11) is -7.91. The van der Waals surface area contributed by atoms with Crippen LogP contribution in [-0.4, -0.2) is 51.1 Å². The fourth-order valence-corrected chi connectivity index (χ4v) is 7.70. The van der Waals surface area contributed by atoms with E-state index in [9.17, 15) is 16.8 Å². The monoisotopic (exact) mass is 516 g/mol. The maximum absolute atomic E-state index is 13.1. The zero-order valence-corrected chi connectivity index (χ0v) is 19.7. The first-order valence-electron chi connectivity index (χ1n) is 8.36. The van der Waals surface area contributed by atoms with Crippen LogP contribution in [0.2, 0.25) is 20.1 Å². The van der Waals surface area contributed by atoms with Gasteiger partial charge in [-0.3, -0.25) is 0 Å². The molecule has 0 aromatic heterocycles. The van der Waals surface area contributed by atoms with Crippen LogP contribution in [0.15, 0.2) is 46.2 Å². The first-order chi connectivity index (χ1) is 13.4. The normalized spacial score (nSPS) is 19.4. The molecule has 0 saturated carbocycles. The second-order valence-corrected chi connectivity index (χ2v) is 11.9. The highest BCUT2D eigenvalue weighted by atomic mass is 35.5. The van der Waals surface area contributed by atoms with Gasteiger partial charge in [0.15, 0.2) is 0 Å². The van der Waals surface area contributed by atoms with Crippen molar-refractivity contribution in [2.75, 3.05) is 19.6 Å². The lowest BCUT2D eigenvalue weighted by molar-refractivity contribution is 0.212. The Morgan fingerprint density at radius 1 is 0.793 bits per heavy atom. The minimum atomic E-state index is -3.96. The molecule has 1 aliphatic rings. The molecule has 1 unspecified atom stereocenters. The number of nitrogens with zero attached hydrogens (tertiary/aromatic N) is 2. The van der Waals surface area contributed by atoms with E-state index in [2.05, 4.69) is 0 Å². The molecule has 0 N–H and O–H groups in total. The highest BCUT2D eigenvalue weighted by Crippen LogP contribution is 2.32. The molecular weight excluding hydrogens is 502 g/mol. The van der Waals surface area contributed by atoms with Crippen molar-refractivity contribution < 1.29 is 16.8 Å². The van der Waals surface area contributed by atoms with Crippen LogP contribution in [0.3, 0.4) is 0 Å². The van der Waals surface area contributed by atoms with Crippen LogP contribution in [0.5, 0.6) is 0 Å². The van der Waals surface area contributed by atoms with Gasteiger partial charge in [-0.25, -0.2) is 16.8 Å². The summed E-state index contributed by atoms with van der Waals surface area (Å²) >= 11 is 24.0.